The Labute approximate surface area is 79.0 Å². The van der Waals surface area contributed by atoms with E-state index in [9.17, 15) is 0 Å². The fourth-order valence-electron chi connectivity index (χ4n) is 2.15. The van der Waals surface area contributed by atoms with Gasteiger partial charge in [0, 0.05) is 13.0 Å². The second-order valence-electron chi connectivity index (χ2n) is 3.96. The van der Waals surface area contributed by atoms with Gasteiger partial charge < -0.3 is 10.3 Å². The average molecular weight is 179 g/mol. The minimum atomic E-state index is 0.620. The molecule has 3 heteroatoms. The number of aromatic nitrogens is 2. The summed E-state index contributed by atoms with van der Waals surface area (Å²) in [5, 5.41) is 0. The predicted octanol–water partition coefficient (Wildman–Crippen LogP) is 2.05. The molecule has 1 fully saturated rings. The van der Waals surface area contributed by atoms with Gasteiger partial charge in [-0.15, -0.1) is 0 Å². The van der Waals surface area contributed by atoms with E-state index >= 15 is 0 Å². The van der Waals surface area contributed by atoms with Crippen LogP contribution < -0.4 is 5.73 Å². The minimum Gasteiger partial charge on any atom is -0.384 e. The molecular formula is C10H17N3. The molecule has 72 valence electrons. The zero-order valence-electron chi connectivity index (χ0n) is 8.16. The molecule has 1 heterocycles. The summed E-state index contributed by atoms with van der Waals surface area (Å²) in [7, 11) is 1.95. The molecule has 2 rings (SSSR count). The highest BCUT2D eigenvalue weighted by atomic mass is 15.1. The lowest BCUT2D eigenvalue weighted by Crippen LogP contribution is -2.08. The molecule has 13 heavy (non-hydrogen) atoms. The highest BCUT2D eigenvalue weighted by molar-refractivity contribution is 5.38. The van der Waals surface area contributed by atoms with Crippen LogP contribution in [0.2, 0.25) is 0 Å². The van der Waals surface area contributed by atoms with Crippen molar-refractivity contribution in [3.8, 4) is 0 Å². The predicted molar refractivity (Wildman–Crippen MR) is 53.4 cm³/mol. The van der Waals surface area contributed by atoms with Crippen molar-refractivity contribution < 1.29 is 0 Å². The Hall–Kier alpha value is -0.990. The second-order valence-corrected chi connectivity index (χ2v) is 3.96. The number of anilines is 1. The zero-order valence-corrected chi connectivity index (χ0v) is 8.16. The molecule has 2 N–H and O–H groups in total. The maximum absolute atomic E-state index is 5.93. The fourth-order valence-corrected chi connectivity index (χ4v) is 2.15. The highest BCUT2D eigenvalue weighted by Gasteiger charge is 2.20. The Morgan fingerprint density at radius 3 is 2.62 bits per heavy atom. The van der Waals surface area contributed by atoms with E-state index in [1.165, 1.54) is 32.1 Å². The number of aryl methyl sites for hydroxylation is 1. The van der Waals surface area contributed by atoms with E-state index in [1.807, 2.05) is 17.9 Å². The van der Waals surface area contributed by atoms with Crippen molar-refractivity contribution in [2.75, 3.05) is 5.73 Å². The number of rotatable bonds is 1. The molecule has 0 unspecified atom stereocenters. The van der Waals surface area contributed by atoms with Crippen molar-refractivity contribution in [1.82, 2.24) is 9.55 Å². The van der Waals surface area contributed by atoms with E-state index in [2.05, 4.69) is 4.98 Å². The largest absolute Gasteiger partial charge is 0.384 e. The van der Waals surface area contributed by atoms with Crippen molar-refractivity contribution >= 4 is 5.82 Å². The van der Waals surface area contributed by atoms with Crippen molar-refractivity contribution in [3.63, 3.8) is 0 Å². The van der Waals surface area contributed by atoms with Crippen LogP contribution >= 0.6 is 0 Å². The smallest absolute Gasteiger partial charge is 0.126 e. The molecule has 0 aromatic carbocycles. The maximum Gasteiger partial charge on any atom is 0.126 e. The van der Waals surface area contributed by atoms with Gasteiger partial charge in [-0.05, 0) is 12.8 Å². The first-order chi connectivity index (χ1) is 6.29. The van der Waals surface area contributed by atoms with Crippen molar-refractivity contribution in [3.05, 3.63) is 12.0 Å². The first kappa shape index (κ1) is 8.60. The summed E-state index contributed by atoms with van der Waals surface area (Å²) in [6, 6.07) is 0. The zero-order chi connectivity index (χ0) is 9.26. The molecule has 0 bridgehead atoms. The Kier molecular flexibility index (Phi) is 2.25. The van der Waals surface area contributed by atoms with Crippen molar-refractivity contribution in [1.29, 1.82) is 0 Å². The summed E-state index contributed by atoms with van der Waals surface area (Å²) in [5.41, 5.74) is 7.06. The van der Waals surface area contributed by atoms with E-state index in [1.54, 1.807) is 0 Å². The van der Waals surface area contributed by atoms with Gasteiger partial charge in [0.15, 0.2) is 0 Å². The second kappa shape index (κ2) is 3.40. The van der Waals surface area contributed by atoms with Crippen LogP contribution in [-0.2, 0) is 7.05 Å². The molecule has 0 spiro atoms. The molecule has 1 aliphatic carbocycles. The molecule has 0 atom stereocenters. The topological polar surface area (TPSA) is 43.8 Å². The number of imidazole rings is 1. The normalized spacial score (nSPS) is 19.2. The van der Waals surface area contributed by atoms with Crippen LogP contribution in [-0.4, -0.2) is 9.55 Å². The third-order valence-electron chi connectivity index (χ3n) is 3.00. The van der Waals surface area contributed by atoms with Crippen LogP contribution in [0.5, 0.6) is 0 Å². The Bertz CT molecular complexity index is 284. The molecule has 3 nitrogen and oxygen atoms in total. The van der Waals surface area contributed by atoms with Gasteiger partial charge >= 0.3 is 0 Å². The van der Waals surface area contributed by atoms with E-state index in [-0.39, 0.29) is 0 Å². The molecule has 0 saturated heterocycles. The van der Waals surface area contributed by atoms with Gasteiger partial charge in [0.2, 0.25) is 0 Å². The van der Waals surface area contributed by atoms with Gasteiger partial charge in [-0.25, -0.2) is 4.98 Å². The van der Waals surface area contributed by atoms with Crippen LogP contribution in [0, 0.1) is 0 Å². The summed E-state index contributed by atoms with van der Waals surface area (Å²) >= 11 is 0. The SMILES string of the molecule is Cn1cnc(C2CCCCC2)c1N. The third-order valence-corrected chi connectivity index (χ3v) is 3.00. The van der Waals surface area contributed by atoms with Gasteiger partial charge in [-0.1, -0.05) is 19.3 Å². The average Bonchev–Trinajstić information content (AvgIpc) is 2.49. The van der Waals surface area contributed by atoms with Gasteiger partial charge in [0.25, 0.3) is 0 Å². The highest BCUT2D eigenvalue weighted by Crippen LogP contribution is 2.33. The molecule has 0 amide bonds. The third kappa shape index (κ3) is 1.55. The summed E-state index contributed by atoms with van der Waals surface area (Å²) < 4.78 is 1.91. The summed E-state index contributed by atoms with van der Waals surface area (Å²) in [4.78, 5) is 4.38. The van der Waals surface area contributed by atoms with Crippen LogP contribution in [0.3, 0.4) is 0 Å². The van der Waals surface area contributed by atoms with Crippen LogP contribution in [0.4, 0.5) is 5.82 Å². The van der Waals surface area contributed by atoms with Crippen LogP contribution in [0.1, 0.15) is 43.7 Å². The number of nitrogen functional groups attached to an aromatic ring is 1. The number of nitrogens with zero attached hydrogens (tertiary/aromatic N) is 2. The Morgan fingerprint density at radius 1 is 1.38 bits per heavy atom. The van der Waals surface area contributed by atoms with Gasteiger partial charge in [-0.2, -0.15) is 0 Å². The Balaban J connectivity index is 2.18. The molecular weight excluding hydrogens is 162 g/mol. The first-order valence-corrected chi connectivity index (χ1v) is 5.05. The Morgan fingerprint density at radius 2 is 2.08 bits per heavy atom. The van der Waals surface area contributed by atoms with Gasteiger partial charge in [0.05, 0.1) is 12.0 Å². The maximum atomic E-state index is 5.93. The lowest BCUT2D eigenvalue weighted by atomic mass is 9.87. The molecule has 0 radical (unpaired) electrons. The summed E-state index contributed by atoms with van der Waals surface area (Å²) in [6.07, 6.45) is 8.40. The van der Waals surface area contributed by atoms with Gasteiger partial charge in [0.1, 0.15) is 5.82 Å². The van der Waals surface area contributed by atoms with Crippen molar-refractivity contribution in [2.24, 2.45) is 7.05 Å². The molecule has 1 saturated carbocycles. The monoisotopic (exact) mass is 179 g/mol. The summed E-state index contributed by atoms with van der Waals surface area (Å²) in [5.74, 6) is 1.47. The minimum absolute atomic E-state index is 0.620. The first-order valence-electron chi connectivity index (χ1n) is 5.05. The number of nitrogens with two attached hydrogens (primary N) is 1. The fraction of sp³-hybridized carbons (Fsp3) is 0.700. The lowest BCUT2D eigenvalue weighted by Gasteiger charge is -2.20. The number of hydrogen-bond acceptors (Lipinski definition) is 2. The quantitative estimate of drug-likeness (QED) is 0.717. The molecule has 1 aliphatic rings. The van der Waals surface area contributed by atoms with Crippen molar-refractivity contribution in [2.45, 2.75) is 38.0 Å². The summed E-state index contributed by atoms with van der Waals surface area (Å²) in [6.45, 7) is 0. The number of hydrogen-bond donors (Lipinski definition) is 1. The molecule has 1 aromatic rings. The standard InChI is InChI=1S/C10H17N3/c1-13-7-12-9(10(13)11)8-5-3-2-4-6-8/h7-8H,2-6,11H2,1H3. The van der Waals surface area contributed by atoms with E-state index in [0.29, 0.717) is 5.92 Å². The molecule has 1 aromatic heterocycles. The lowest BCUT2D eigenvalue weighted by molar-refractivity contribution is 0.438. The molecule has 0 aliphatic heterocycles. The van der Waals surface area contributed by atoms with Gasteiger partial charge in [-0.3, -0.25) is 0 Å². The van der Waals surface area contributed by atoms with E-state index in [4.69, 9.17) is 5.73 Å². The van der Waals surface area contributed by atoms with Crippen LogP contribution in [0.25, 0.3) is 0 Å². The van der Waals surface area contributed by atoms with E-state index < -0.39 is 0 Å². The van der Waals surface area contributed by atoms with E-state index in [0.717, 1.165) is 11.5 Å². The van der Waals surface area contributed by atoms with Crippen LogP contribution in [0.15, 0.2) is 6.33 Å².